The Morgan fingerprint density at radius 2 is 0.449 bits per heavy atom. The summed E-state index contributed by atoms with van der Waals surface area (Å²) in [4.78, 5) is 31.9. The molecule has 0 unspecified atom stereocenters. The van der Waals surface area contributed by atoms with Gasteiger partial charge in [0.2, 0.25) is 0 Å². The number of benzene rings is 18. The molecule has 0 bridgehead atoms. The zero-order chi connectivity index (χ0) is 77.7. The van der Waals surface area contributed by atoms with E-state index < -0.39 is 0 Å². The van der Waals surface area contributed by atoms with Crippen molar-refractivity contribution in [2.45, 2.75) is 0 Å². The maximum atomic E-state index is 5.68. The number of rotatable bonds is 10. The number of hydrogen-bond acceptors (Lipinski definition) is 8. The molecule has 0 aliphatic carbocycles. The largest absolute Gasteiger partial charge is 0.246 e. The van der Waals surface area contributed by atoms with E-state index in [0.717, 1.165) is 106 Å². The van der Waals surface area contributed by atoms with Gasteiger partial charge in [0.05, 0.1) is 45.2 Å². The summed E-state index contributed by atoms with van der Waals surface area (Å²) in [6.45, 7) is 0. The van der Waals surface area contributed by atoms with Gasteiger partial charge in [0.1, 0.15) is 0 Å². The molecule has 0 saturated heterocycles. The van der Waals surface area contributed by atoms with Crippen molar-refractivity contribution in [1.82, 2.24) is 29.9 Å². The van der Waals surface area contributed by atoms with Crippen molar-refractivity contribution < 1.29 is 0 Å². The lowest BCUT2D eigenvalue weighted by molar-refractivity contribution is 1.18. The normalized spacial score (nSPS) is 11.7. The first-order chi connectivity index (χ1) is 58.5. The van der Waals surface area contributed by atoms with Crippen LogP contribution in [0.25, 0.3) is 239 Å². The van der Waals surface area contributed by atoms with Gasteiger partial charge in [-0.1, -0.05) is 358 Å². The molecule has 548 valence electrons. The predicted octanol–water partition coefficient (Wildman–Crippen LogP) is 30.4. The number of thiophene rings is 2. The van der Waals surface area contributed by atoms with Crippen LogP contribution < -0.4 is 0 Å². The Bertz CT molecular complexity index is 7980. The van der Waals surface area contributed by atoms with Crippen LogP contribution in [0.1, 0.15) is 0 Å². The Morgan fingerprint density at radius 1 is 0.161 bits per heavy atom. The summed E-state index contributed by atoms with van der Waals surface area (Å²) in [7, 11) is 0. The van der Waals surface area contributed by atoms with Gasteiger partial charge in [-0.15, -0.1) is 22.7 Å². The molecule has 0 saturated carbocycles. The Balaban J connectivity index is 0.000000138. The average Bonchev–Trinajstić information content (AvgIpc) is 1.54. The van der Waals surface area contributed by atoms with Crippen LogP contribution in [0.4, 0.5) is 0 Å². The topological polar surface area (TPSA) is 77.3 Å². The zero-order valence-corrected chi connectivity index (χ0v) is 65.2. The lowest BCUT2D eigenvalue weighted by atomic mass is 9.91. The molecular weight excluding hydrogens is 1470 g/mol. The average molecular weight is 1540 g/mol. The molecule has 0 N–H and O–H groups in total. The molecular formula is C110H66N6S2. The van der Waals surface area contributed by atoms with Crippen molar-refractivity contribution >= 4 is 149 Å². The summed E-state index contributed by atoms with van der Waals surface area (Å²) < 4.78 is 4.94. The van der Waals surface area contributed by atoms with E-state index in [1.165, 1.54) is 122 Å². The Morgan fingerprint density at radius 3 is 0.873 bits per heavy atom. The van der Waals surface area contributed by atoms with E-state index in [4.69, 9.17) is 29.9 Å². The van der Waals surface area contributed by atoms with Crippen LogP contribution in [-0.2, 0) is 0 Å². The number of nitrogens with zero attached hydrogens (tertiary/aromatic N) is 6. The second-order valence-electron chi connectivity index (χ2n) is 30.2. The van der Waals surface area contributed by atoms with Crippen LogP contribution in [-0.4, -0.2) is 29.9 Å². The van der Waals surface area contributed by atoms with Crippen LogP contribution in [0.5, 0.6) is 0 Å². The lowest BCUT2D eigenvalue weighted by Gasteiger charge is -2.14. The molecule has 0 spiro atoms. The molecule has 18 aromatic carbocycles. The van der Waals surface area contributed by atoms with Crippen LogP contribution >= 0.6 is 22.7 Å². The predicted molar refractivity (Wildman–Crippen MR) is 500 cm³/mol. The molecule has 0 amide bonds. The zero-order valence-electron chi connectivity index (χ0n) is 63.6. The quantitative estimate of drug-likeness (QED) is 0.127. The van der Waals surface area contributed by atoms with Gasteiger partial charge < -0.3 is 0 Å². The molecule has 0 radical (unpaired) electrons. The Kier molecular flexibility index (Phi) is 16.5. The third kappa shape index (κ3) is 11.7. The molecule has 24 aromatic rings. The van der Waals surface area contributed by atoms with Crippen molar-refractivity contribution in [2.24, 2.45) is 0 Å². The third-order valence-corrected chi connectivity index (χ3v) is 25.7. The maximum absolute atomic E-state index is 5.68. The second-order valence-corrected chi connectivity index (χ2v) is 32.3. The van der Waals surface area contributed by atoms with Gasteiger partial charge in [-0.05, 0) is 129 Å². The SMILES string of the molecule is c1ccc(-c2cc(-c3cccc4c3nc(-c3ccc(-c5ccc6c7ccccc7c7ccccc7c6c5)cc3)c3c5ccccc5sc43)nc(-c3ccccc3)n2)cc1.c1ccc(-c2cc(-c3cccc4c3nc(-c3cccc(-c5ccc6c7ccccc7c7ccccc7c6c5)c3)c3c5ccccc5sc43)nc(-c3ccccc3)n2)cc1. The van der Waals surface area contributed by atoms with Gasteiger partial charge in [0.15, 0.2) is 11.6 Å². The summed E-state index contributed by atoms with van der Waals surface area (Å²) in [5.41, 5.74) is 20.1. The first kappa shape index (κ1) is 68.5. The fourth-order valence-corrected chi connectivity index (χ4v) is 20.2. The minimum Gasteiger partial charge on any atom is -0.246 e. The number of pyridine rings is 2. The number of fused-ring (bicyclic) bond motifs is 22. The molecule has 0 atom stereocenters. The summed E-state index contributed by atoms with van der Waals surface area (Å²) in [5.74, 6) is 1.37. The maximum Gasteiger partial charge on any atom is 0.160 e. The highest BCUT2D eigenvalue weighted by Crippen LogP contribution is 2.49. The first-order valence-corrected chi connectivity index (χ1v) is 41.5. The van der Waals surface area contributed by atoms with E-state index in [0.29, 0.717) is 11.6 Å². The van der Waals surface area contributed by atoms with Gasteiger partial charge in [-0.3, -0.25) is 0 Å². The summed E-state index contributed by atoms with van der Waals surface area (Å²) in [5, 5.41) is 22.4. The molecule has 8 heteroatoms. The van der Waals surface area contributed by atoms with E-state index in [-0.39, 0.29) is 0 Å². The molecule has 0 fully saturated rings. The van der Waals surface area contributed by atoms with Gasteiger partial charge >= 0.3 is 0 Å². The van der Waals surface area contributed by atoms with Crippen molar-refractivity contribution in [3.63, 3.8) is 0 Å². The molecule has 6 heterocycles. The van der Waals surface area contributed by atoms with E-state index >= 15 is 0 Å². The minimum absolute atomic E-state index is 0.686. The van der Waals surface area contributed by atoms with E-state index in [2.05, 4.69) is 352 Å². The lowest BCUT2D eigenvalue weighted by Crippen LogP contribution is -1.97. The summed E-state index contributed by atoms with van der Waals surface area (Å²) in [6, 6.07) is 143. The van der Waals surface area contributed by atoms with E-state index in [1.54, 1.807) is 0 Å². The van der Waals surface area contributed by atoms with Crippen molar-refractivity contribution in [1.29, 1.82) is 0 Å². The molecule has 6 nitrogen and oxygen atoms in total. The highest BCUT2D eigenvalue weighted by atomic mass is 32.1. The first-order valence-electron chi connectivity index (χ1n) is 39.9. The van der Waals surface area contributed by atoms with Gasteiger partial charge in [0, 0.05) is 95.6 Å². The smallest absolute Gasteiger partial charge is 0.160 e. The molecule has 118 heavy (non-hydrogen) atoms. The molecule has 24 rings (SSSR count). The highest BCUT2D eigenvalue weighted by Gasteiger charge is 2.25. The number of hydrogen-bond donors (Lipinski definition) is 0. The fraction of sp³-hybridized carbons (Fsp3) is 0. The molecule has 0 aliphatic rings. The number of aromatic nitrogens is 6. The van der Waals surface area contributed by atoms with Crippen molar-refractivity contribution in [3.8, 4) is 113 Å². The molecule has 6 aromatic heterocycles. The van der Waals surface area contributed by atoms with Crippen molar-refractivity contribution in [2.75, 3.05) is 0 Å². The van der Waals surface area contributed by atoms with Gasteiger partial charge in [-0.25, -0.2) is 29.9 Å². The number of para-hydroxylation sites is 2. The van der Waals surface area contributed by atoms with Crippen LogP contribution in [0.15, 0.2) is 400 Å². The highest BCUT2D eigenvalue weighted by molar-refractivity contribution is 7.27. The fourth-order valence-electron chi connectivity index (χ4n) is 17.8. The second kappa shape index (κ2) is 28.5. The van der Waals surface area contributed by atoms with E-state index in [1.807, 2.05) is 71.2 Å². The minimum atomic E-state index is 0.686. The van der Waals surface area contributed by atoms with Crippen LogP contribution in [0.2, 0.25) is 0 Å². The molecule has 0 aliphatic heterocycles. The summed E-state index contributed by atoms with van der Waals surface area (Å²) >= 11 is 3.67. The standard InChI is InChI=1S/2C55H33N3S/c1-3-15-34(16-4-1)48-33-49(57-55(56-48)35-17-5-2-6-18-35)44-26-14-27-46-53(44)58-52(51-45-25-11-12-28-50(45)59-54(46)51)38-20-13-19-36(31-38)37-29-30-43-41-23-8-7-21-39(41)40-22-9-10-24-42(40)47(43)32-37;1-3-14-35(15-4-1)48-33-49(57-55(56-48)37-16-5-2-6-17-37)44-23-13-24-46-53(44)58-52(51-45-22-11-12-25-50(45)59-54(46)51)36-28-26-34(27-29-36)38-30-31-43-41-20-8-7-18-39(41)40-19-9-10-21-42(40)47(43)32-38/h2*1-33H. The third-order valence-electron chi connectivity index (χ3n) is 23.3. The Hall–Kier alpha value is -15.1. The summed E-state index contributed by atoms with van der Waals surface area (Å²) in [6.07, 6.45) is 0. The monoisotopic (exact) mass is 1530 g/mol. The van der Waals surface area contributed by atoms with E-state index in [9.17, 15) is 0 Å². The van der Waals surface area contributed by atoms with Gasteiger partial charge in [-0.2, -0.15) is 0 Å². The van der Waals surface area contributed by atoms with Gasteiger partial charge in [0.25, 0.3) is 0 Å². The van der Waals surface area contributed by atoms with Crippen LogP contribution in [0.3, 0.4) is 0 Å². The van der Waals surface area contributed by atoms with Crippen molar-refractivity contribution in [3.05, 3.63) is 400 Å². The Labute approximate surface area is 687 Å². The van der Waals surface area contributed by atoms with Crippen LogP contribution in [0, 0.1) is 0 Å².